The molecule has 1 saturated heterocycles. The lowest BCUT2D eigenvalue weighted by atomic mass is 9.81. The summed E-state index contributed by atoms with van der Waals surface area (Å²) < 4.78 is 5.34. The lowest BCUT2D eigenvalue weighted by Crippen LogP contribution is -2.42. The number of carbonyl (C=O) groups is 1. The average molecular weight is 421 g/mol. The summed E-state index contributed by atoms with van der Waals surface area (Å²) in [5, 5.41) is 0. The third-order valence-electron chi connectivity index (χ3n) is 6.40. The normalized spacial score (nSPS) is 20.1. The predicted octanol–water partition coefficient (Wildman–Crippen LogP) is 3.92. The zero-order valence-corrected chi connectivity index (χ0v) is 18.8. The molecule has 6 heteroatoms. The van der Waals surface area contributed by atoms with Crippen molar-refractivity contribution in [1.29, 1.82) is 0 Å². The van der Waals surface area contributed by atoms with Crippen molar-refractivity contribution in [2.45, 2.75) is 39.7 Å². The van der Waals surface area contributed by atoms with Crippen LogP contribution in [0.3, 0.4) is 0 Å². The number of benzene rings is 1. The minimum absolute atomic E-state index is 0.0559. The summed E-state index contributed by atoms with van der Waals surface area (Å²) in [7, 11) is 1.67. The van der Waals surface area contributed by atoms with Crippen LogP contribution in [0.25, 0.3) is 0 Å². The van der Waals surface area contributed by atoms with E-state index in [2.05, 4.69) is 39.2 Å². The maximum atomic E-state index is 13.5. The number of allylic oxidation sites excluding steroid dienone is 1. The van der Waals surface area contributed by atoms with Crippen molar-refractivity contribution in [3.05, 3.63) is 59.6 Å². The van der Waals surface area contributed by atoms with E-state index in [4.69, 9.17) is 4.74 Å². The van der Waals surface area contributed by atoms with Crippen LogP contribution in [-0.4, -0.2) is 47.5 Å². The van der Waals surface area contributed by atoms with Crippen molar-refractivity contribution in [3.8, 4) is 5.75 Å². The Hall–Kier alpha value is -2.89. The third-order valence-corrected chi connectivity index (χ3v) is 6.40. The van der Waals surface area contributed by atoms with Gasteiger partial charge in [0.15, 0.2) is 0 Å². The van der Waals surface area contributed by atoms with Gasteiger partial charge in [-0.1, -0.05) is 24.3 Å². The Bertz CT molecular complexity index is 930. The van der Waals surface area contributed by atoms with Gasteiger partial charge in [-0.05, 0) is 56.7 Å². The SMILES string of the molecule is COc1cccc(CN2CC=CC[C@H](C3CCN(c4cc(C)nc(C)n4)CC3)C2=O)c1. The number of aryl methyl sites for hydroxylation is 2. The summed E-state index contributed by atoms with van der Waals surface area (Å²) in [5.41, 5.74) is 2.10. The van der Waals surface area contributed by atoms with Crippen LogP contribution < -0.4 is 9.64 Å². The predicted molar refractivity (Wildman–Crippen MR) is 122 cm³/mol. The Morgan fingerprint density at radius 1 is 1.10 bits per heavy atom. The summed E-state index contributed by atoms with van der Waals surface area (Å²) in [6.07, 6.45) is 7.19. The molecule has 164 valence electrons. The molecule has 6 nitrogen and oxygen atoms in total. The molecule has 0 radical (unpaired) electrons. The monoisotopic (exact) mass is 420 g/mol. The third kappa shape index (κ3) is 5.06. The maximum Gasteiger partial charge on any atom is 0.226 e. The average Bonchev–Trinajstić information content (AvgIpc) is 2.95. The highest BCUT2D eigenvalue weighted by atomic mass is 16.5. The zero-order valence-electron chi connectivity index (χ0n) is 18.8. The van der Waals surface area contributed by atoms with Gasteiger partial charge in [0.2, 0.25) is 5.91 Å². The standard InChI is InChI=1S/C25H32N4O2/c1-18-15-24(27-19(2)26-18)28-13-10-21(11-14-28)23-9-4-5-12-29(25(23)30)17-20-7-6-8-22(16-20)31-3/h4-8,15-16,21,23H,9-14,17H2,1-3H3/t23-/m1/s1. The van der Waals surface area contributed by atoms with Gasteiger partial charge in [-0.25, -0.2) is 9.97 Å². The van der Waals surface area contributed by atoms with Crippen LogP contribution >= 0.6 is 0 Å². The van der Waals surface area contributed by atoms with Crippen molar-refractivity contribution in [2.24, 2.45) is 11.8 Å². The number of hydrogen-bond acceptors (Lipinski definition) is 5. The molecule has 2 aliphatic rings. The van der Waals surface area contributed by atoms with E-state index in [0.29, 0.717) is 19.0 Å². The summed E-state index contributed by atoms with van der Waals surface area (Å²) in [6.45, 7) is 7.11. The minimum Gasteiger partial charge on any atom is -0.497 e. The summed E-state index contributed by atoms with van der Waals surface area (Å²) in [4.78, 5) is 26.8. The van der Waals surface area contributed by atoms with Gasteiger partial charge in [0, 0.05) is 43.9 Å². The molecule has 3 heterocycles. The van der Waals surface area contributed by atoms with Gasteiger partial charge in [0.1, 0.15) is 17.4 Å². The van der Waals surface area contributed by atoms with Gasteiger partial charge >= 0.3 is 0 Å². The van der Waals surface area contributed by atoms with Crippen LogP contribution in [0.15, 0.2) is 42.5 Å². The number of rotatable bonds is 5. The molecule has 0 unspecified atom stereocenters. The molecule has 0 N–H and O–H groups in total. The fourth-order valence-corrected chi connectivity index (χ4v) is 4.79. The number of carbonyl (C=O) groups excluding carboxylic acids is 1. The molecular weight excluding hydrogens is 388 g/mol. The molecule has 1 amide bonds. The Labute approximate surface area is 184 Å². The second-order valence-electron chi connectivity index (χ2n) is 8.62. The number of aromatic nitrogens is 2. The molecule has 0 spiro atoms. The first-order valence-electron chi connectivity index (χ1n) is 11.2. The highest BCUT2D eigenvalue weighted by Gasteiger charge is 2.34. The largest absolute Gasteiger partial charge is 0.497 e. The highest BCUT2D eigenvalue weighted by Crippen LogP contribution is 2.32. The molecule has 0 saturated carbocycles. The number of ether oxygens (including phenoxy) is 1. The van der Waals surface area contributed by atoms with Gasteiger partial charge in [-0.15, -0.1) is 0 Å². The molecule has 1 atom stereocenters. The van der Waals surface area contributed by atoms with Crippen LogP contribution in [-0.2, 0) is 11.3 Å². The van der Waals surface area contributed by atoms with Crippen LogP contribution in [0, 0.1) is 25.7 Å². The molecule has 2 aromatic rings. The van der Waals surface area contributed by atoms with Gasteiger partial charge in [-0.2, -0.15) is 0 Å². The molecule has 0 aliphatic carbocycles. The minimum atomic E-state index is 0.0559. The van der Waals surface area contributed by atoms with E-state index >= 15 is 0 Å². The fourth-order valence-electron chi connectivity index (χ4n) is 4.79. The number of hydrogen-bond donors (Lipinski definition) is 0. The fraction of sp³-hybridized carbons (Fsp3) is 0.480. The van der Waals surface area contributed by atoms with Gasteiger partial charge in [0.25, 0.3) is 0 Å². The van der Waals surface area contributed by atoms with E-state index in [1.165, 1.54) is 0 Å². The molecule has 2 aliphatic heterocycles. The van der Waals surface area contributed by atoms with E-state index in [9.17, 15) is 4.79 Å². The quantitative estimate of drug-likeness (QED) is 0.686. The van der Waals surface area contributed by atoms with E-state index in [1.807, 2.05) is 36.9 Å². The second kappa shape index (κ2) is 9.50. The number of nitrogens with zero attached hydrogens (tertiary/aromatic N) is 4. The van der Waals surface area contributed by atoms with Crippen molar-refractivity contribution in [3.63, 3.8) is 0 Å². The van der Waals surface area contributed by atoms with E-state index in [-0.39, 0.29) is 11.8 Å². The molecule has 1 fully saturated rings. The van der Waals surface area contributed by atoms with Crippen molar-refractivity contribution in [1.82, 2.24) is 14.9 Å². The molecule has 1 aromatic carbocycles. The number of piperidine rings is 1. The van der Waals surface area contributed by atoms with E-state index < -0.39 is 0 Å². The smallest absolute Gasteiger partial charge is 0.226 e. The van der Waals surface area contributed by atoms with Crippen LogP contribution in [0.2, 0.25) is 0 Å². The molecule has 4 rings (SSSR count). The van der Waals surface area contributed by atoms with Gasteiger partial charge in [-0.3, -0.25) is 4.79 Å². The Balaban J connectivity index is 1.42. The maximum absolute atomic E-state index is 13.5. The summed E-state index contributed by atoms with van der Waals surface area (Å²) in [5.74, 6) is 3.39. The summed E-state index contributed by atoms with van der Waals surface area (Å²) >= 11 is 0. The van der Waals surface area contributed by atoms with Gasteiger partial charge in [0.05, 0.1) is 7.11 Å². The van der Waals surface area contributed by atoms with E-state index in [1.54, 1.807) is 7.11 Å². The van der Waals surface area contributed by atoms with Crippen molar-refractivity contribution < 1.29 is 9.53 Å². The zero-order chi connectivity index (χ0) is 21.8. The Kier molecular flexibility index (Phi) is 6.54. The van der Waals surface area contributed by atoms with E-state index in [0.717, 1.165) is 61.0 Å². The topological polar surface area (TPSA) is 58.6 Å². The molecule has 1 aromatic heterocycles. The number of anilines is 1. The first-order chi connectivity index (χ1) is 15.0. The lowest BCUT2D eigenvalue weighted by molar-refractivity contribution is -0.137. The first-order valence-corrected chi connectivity index (χ1v) is 11.2. The summed E-state index contributed by atoms with van der Waals surface area (Å²) in [6, 6.07) is 10.0. The van der Waals surface area contributed by atoms with Crippen molar-refractivity contribution >= 4 is 11.7 Å². The van der Waals surface area contributed by atoms with Crippen LogP contribution in [0.5, 0.6) is 5.75 Å². The van der Waals surface area contributed by atoms with Gasteiger partial charge < -0.3 is 14.5 Å². The second-order valence-corrected chi connectivity index (χ2v) is 8.62. The molecule has 31 heavy (non-hydrogen) atoms. The van der Waals surface area contributed by atoms with Crippen LogP contribution in [0.1, 0.15) is 36.3 Å². The number of methoxy groups -OCH3 is 1. The van der Waals surface area contributed by atoms with Crippen molar-refractivity contribution in [2.75, 3.05) is 31.6 Å². The Morgan fingerprint density at radius 2 is 1.90 bits per heavy atom. The highest BCUT2D eigenvalue weighted by molar-refractivity contribution is 5.80. The number of amides is 1. The Morgan fingerprint density at radius 3 is 2.65 bits per heavy atom. The molecular formula is C25H32N4O2. The first kappa shape index (κ1) is 21.3. The molecule has 0 bridgehead atoms. The van der Waals surface area contributed by atoms with Crippen LogP contribution in [0.4, 0.5) is 5.82 Å². The lowest BCUT2D eigenvalue weighted by Gasteiger charge is -2.37.